The molecule has 2 heterocycles. The van der Waals surface area contributed by atoms with Crippen LogP contribution in [0.4, 0.5) is 0 Å². The Kier molecular flexibility index (Phi) is 4.15. The topological polar surface area (TPSA) is 60.2 Å². The van der Waals surface area contributed by atoms with Crippen LogP contribution in [0.3, 0.4) is 0 Å². The van der Waals surface area contributed by atoms with E-state index in [1.165, 1.54) is 11.8 Å². The standard InChI is InChI=1S/C12H20N4O2S/c1-9(19-11-14-13-8-15(11)4)10(17)16-5-6-18-7-12(16,2)3/h8-9H,5-7H2,1-4H3. The molecule has 7 heteroatoms. The van der Waals surface area contributed by atoms with Crippen molar-refractivity contribution in [3.63, 3.8) is 0 Å². The van der Waals surface area contributed by atoms with Crippen LogP contribution in [0.15, 0.2) is 11.5 Å². The molecule has 106 valence electrons. The summed E-state index contributed by atoms with van der Waals surface area (Å²) in [6, 6.07) is 0. The largest absolute Gasteiger partial charge is 0.377 e. The second-order valence-electron chi connectivity index (χ2n) is 5.34. The molecule has 1 atom stereocenters. The van der Waals surface area contributed by atoms with Gasteiger partial charge in [-0.3, -0.25) is 4.79 Å². The molecule has 2 rings (SSSR count). The number of thioether (sulfide) groups is 1. The first-order valence-corrected chi connectivity index (χ1v) is 7.19. The lowest BCUT2D eigenvalue weighted by molar-refractivity contribution is -0.145. The van der Waals surface area contributed by atoms with Crippen LogP contribution >= 0.6 is 11.8 Å². The Bertz CT molecular complexity index is 460. The molecule has 1 saturated heterocycles. The van der Waals surface area contributed by atoms with Crippen LogP contribution in [0.5, 0.6) is 0 Å². The minimum Gasteiger partial charge on any atom is -0.377 e. The van der Waals surface area contributed by atoms with Gasteiger partial charge in [-0.25, -0.2) is 0 Å². The van der Waals surface area contributed by atoms with Crippen LogP contribution in [-0.4, -0.2) is 56.1 Å². The lowest BCUT2D eigenvalue weighted by atomic mass is 10.0. The van der Waals surface area contributed by atoms with Crippen molar-refractivity contribution in [3.05, 3.63) is 6.33 Å². The molecule has 1 fully saturated rings. The van der Waals surface area contributed by atoms with Gasteiger partial charge in [0, 0.05) is 13.6 Å². The van der Waals surface area contributed by atoms with Crippen LogP contribution in [0.25, 0.3) is 0 Å². The highest BCUT2D eigenvalue weighted by Gasteiger charge is 2.36. The van der Waals surface area contributed by atoms with Gasteiger partial charge in [0.1, 0.15) is 6.33 Å². The van der Waals surface area contributed by atoms with Crippen molar-refractivity contribution in [1.82, 2.24) is 19.7 Å². The SMILES string of the molecule is CC(Sc1nncn1C)C(=O)N1CCOCC1(C)C. The predicted molar refractivity (Wildman–Crippen MR) is 72.9 cm³/mol. The van der Waals surface area contributed by atoms with Crippen molar-refractivity contribution in [2.24, 2.45) is 7.05 Å². The number of hydrogen-bond acceptors (Lipinski definition) is 5. The minimum atomic E-state index is -0.246. The lowest BCUT2D eigenvalue weighted by Crippen LogP contribution is -2.57. The predicted octanol–water partition coefficient (Wildman–Crippen LogP) is 0.933. The molecule has 1 unspecified atom stereocenters. The quantitative estimate of drug-likeness (QED) is 0.773. The molecule has 1 amide bonds. The normalized spacial score (nSPS) is 20.3. The van der Waals surface area contributed by atoms with E-state index in [0.717, 1.165) is 5.16 Å². The molecular formula is C12H20N4O2S. The van der Waals surface area contributed by atoms with Gasteiger partial charge in [0.15, 0.2) is 5.16 Å². The Labute approximate surface area is 117 Å². The molecule has 1 aromatic rings. The van der Waals surface area contributed by atoms with Gasteiger partial charge in [-0.1, -0.05) is 11.8 Å². The van der Waals surface area contributed by atoms with Crippen molar-refractivity contribution in [2.45, 2.75) is 36.7 Å². The van der Waals surface area contributed by atoms with Gasteiger partial charge in [-0.15, -0.1) is 10.2 Å². The summed E-state index contributed by atoms with van der Waals surface area (Å²) in [7, 11) is 1.87. The molecule has 19 heavy (non-hydrogen) atoms. The Morgan fingerprint density at radius 2 is 2.32 bits per heavy atom. The van der Waals surface area contributed by atoms with Crippen molar-refractivity contribution >= 4 is 17.7 Å². The number of aryl methyl sites for hydroxylation is 1. The summed E-state index contributed by atoms with van der Waals surface area (Å²) < 4.78 is 7.26. The number of morpholine rings is 1. The summed E-state index contributed by atoms with van der Waals surface area (Å²) >= 11 is 1.44. The van der Waals surface area contributed by atoms with Gasteiger partial charge >= 0.3 is 0 Å². The van der Waals surface area contributed by atoms with Gasteiger partial charge < -0.3 is 14.2 Å². The zero-order valence-electron chi connectivity index (χ0n) is 11.8. The molecule has 1 aliphatic heterocycles. The van der Waals surface area contributed by atoms with Crippen molar-refractivity contribution in [2.75, 3.05) is 19.8 Å². The van der Waals surface area contributed by atoms with Crippen molar-refractivity contribution in [1.29, 1.82) is 0 Å². The summed E-state index contributed by atoms with van der Waals surface area (Å²) in [5, 5.41) is 8.40. The fraction of sp³-hybridized carbons (Fsp3) is 0.750. The molecule has 1 aliphatic rings. The van der Waals surface area contributed by atoms with Gasteiger partial charge in [-0.05, 0) is 20.8 Å². The summed E-state index contributed by atoms with van der Waals surface area (Å²) in [5.74, 6) is 0.126. The van der Waals surface area contributed by atoms with E-state index in [1.54, 1.807) is 6.33 Å². The van der Waals surface area contributed by atoms with E-state index in [-0.39, 0.29) is 16.7 Å². The average Bonchev–Trinajstić information content (AvgIpc) is 2.73. The number of carbonyl (C=O) groups is 1. The lowest BCUT2D eigenvalue weighted by Gasteiger charge is -2.43. The molecule has 0 bridgehead atoms. The maximum Gasteiger partial charge on any atom is 0.236 e. The van der Waals surface area contributed by atoms with Crippen LogP contribution in [0.1, 0.15) is 20.8 Å². The molecule has 0 spiro atoms. The van der Waals surface area contributed by atoms with E-state index in [0.29, 0.717) is 19.8 Å². The Morgan fingerprint density at radius 3 is 2.89 bits per heavy atom. The molecule has 1 aromatic heterocycles. The number of rotatable bonds is 3. The maximum absolute atomic E-state index is 12.5. The van der Waals surface area contributed by atoms with Gasteiger partial charge in [-0.2, -0.15) is 0 Å². The fourth-order valence-electron chi connectivity index (χ4n) is 2.07. The Morgan fingerprint density at radius 1 is 1.58 bits per heavy atom. The van der Waals surface area contributed by atoms with Gasteiger partial charge in [0.05, 0.1) is 24.0 Å². The first-order valence-electron chi connectivity index (χ1n) is 6.32. The third-order valence-corrected chi connectivity index (χ3v) is 4.35. The fourth-order valence-corrected chi connectivity index (χ4v) is 2.93. The van der Waals surface area contributed by atoms with Crippen LogP contribution in [-0.2, 0) is 16.6 Å². The first-order chi connectivity index (χ1) is 8.92. The number of ether oxygens (including phenoxy) is 1. The number of carbonyl (C=O) groups excluding carboxylic acids is 1. The smallest absolute Gasteiger partial charge is 0.236 e. The summed E-state index contributed by atoms with van der Waals surface area (Å²) in [5.41, 5.74) is -0.246. The highest BCUT2D eigenvalue weighted by Crippen LogP contribution is 2.26. The third-order valence-electron chi connectivity index (χ3n) is 3.21. The summed E-state index contributed by atoms with van der Waals surface area (Å²) in [6.07, 6.45) is 1.64. The van der Waals surface area contributed by atoms with Gasteiger partial charge in [0.2, 0.25) is 5.91 Å². The number of aromatic nitrogens is 3. The Hall–Kier alpha value is -1.08. The van der Waals surface area contributed by atoms with E-state index >= 15 is 0 Å². The summed E-state index contributed by atoms with van der Waals surface area (Å²) in [6.45, 7) is 7.81. The molecule has 0 radical (unpaired) electrons. The Balaban J connectivity index is 2.04. The summed E-state index contributed by atoms with van der Waals surface area (Å²) in [4.78, 5) is 14.5. The van der Waals surface area contributed by atoms with E-state index < -0.39 is 0 Å². The van der Waals surface area contributed by atoms with Crippen molar-refractivity contribution < 1.29 is 9.53 Å². The maximum atomic E-state index is 12.5. The van der Waals surface area contributed by atoms with E-state index in [4.69, 9.17) is 4.74 Å². The van der Waals surface area contributed by atoms with Crippen molar-refractivity contribution in [3.8, 4) is 0 Å². The van der Waals surface area contributed by atoms with Crippen LogP contribution in [0, 0.1) is 0 Å². The highest BCUT2D eigenvalue weighted by atomic mass is 32.2. The molecule has 0 saturated carbocycles. The zero-order chi connectivity index (χ0) is 14.0. The van der Waals surface area contributed by atoms with E-state index in [2.05, 4.69) is 10.2 Å². The van der Waals surface area contributed by atoms with Crippen LogP contribution in [0.2, 0.25) is 0 Å². The second kappa shape index (κ2) is 5.50. The van der Waals surface area contributed by atoms with E-state index in [9.17, 15) is 4.79 Å². The zero-order valence-corrected chi connectivity index (χ0v) is 12.6. The third kappa shape index (κ3) is 3.09. The second-order valence-corrected chi connectivity index (χ2v) is 6.65. The van der Waals surface area contributed by atoms with Gasteiger partial charge in [0.25, 0.3) is 0 Å². The number of hydrogen-bond donors (Lipinski definition) is 0. The van der Waals surface area contributed by atoms with Crippen LogP contribution < -0.4 is 0 Å². The molecular weight excluding hydrogens is 264 g/mol. The minimum absolute atomic E-state index is 0.126. The molecule has 0 N–H and O–H groups in total. The molecule has 0 aliphatic carbocycles. The monoisotopic (exact) mass is 284 g/mol. The number of amides is 1. The van der Waals surface area contributed by atoms with E-state index in [1.807, 2.05) is 37.3 Å². The first kappa shape index (κ1) is 14.3. The number of nitrogens with zero attached hydrogens (tertiary/aromatic N) is 4. The molecule has 0 aromatic carbocycles. The average molecular weight is 284 g/mol. The highest BCUT2D eigenvalue weighted by molar-refractivity contribution is 8.00. The molecule has 6 nitrogen and oxygen atoms in total.